The summed E-state index contributed by atoms with van der Waals surface area (Å²) in [5.74, 6) is 0.137. The van der Waals surface area contributed by atoms with Crippen molar-refractivity contribution in [2.24, 2.45) is 0 Å². The van der Waals surface area contributed by atoms with Crippen LogP contribution in [0.1, 0.15) is 21.5 Å². The van der Waals surface area contributed by atoms with E-state index >= 15 is 0 Å². The number of carbonyl (C=O) groups excluding carboxylic acids is 2. The van der Waals surface area contributed by atoms with Crippen molar-refractivity contribution in [2.45, 2.75) is 13.2 Å². The Kier molecular flexibility index (Phi) is 6.59. The SMILES string of the molecule is O=C(NCc1ccc(C(=O)Nc2ccc(Cl)cn2)cc1)OCc1ccccc1. The first-order valence-corrected chi connectivity index (χ1v) is 8.94. The molecule has 0 saturated heterocycles. The third kappa shape index (κ3) is 5.82. The summed E-state index contributed by atoms with van der Waals surface area (Å²) in [7, 11) is 0. The van der Waals surface area contributed by atoms with E-state index in [1.165, 1.54) is 6.20 Å². The number of benzene rings is 2. The van der Waals surface area contributed by atoms with Crippen LogP contribution < -0.4 is 10.6 Å². The number of pyridine rings is 1. The van der Waals surface area contributed by atoms with E-state index in [9.17, 15) is 9.59 Å². The van der Waals surface area contributed by atoms with Crippen LogP contribution in [-0.2, 0) is 17.9 Å². The first-order valence-electron chi connectivity index (χ1n) is 8.56. The maximum Gasteiger partial charge on any atom is 0.407 e. The van der Waals surface area contributed by atoms with Crippen molar-refractivity contribution in [2.75, 3.05) is 5.32 Å². The summed E-state index contributed by atoms with van der Waals surface area (Å²) in [5, 5.41) is 5.87. The minimum absolute atomic E-state index is 0.213. The zero-order valence-electron chi connectivity index (χ0n) is 14.9. The first kappa shape index (κ1) is 19.4. The number of amides is 2. The van der Waals surface area contributed by atoms with Crippen LogP contribution in [0.3, 0.4) is 0 Å². The van der Waals surface area contributed by atoms with Crippen molar-refractivity contribution >= 4 is 29.4 Å². The Morgan fingerprint density at radius 3 is 2.36 bits per heavy atom. The van der Waals surface area contributed by atoms with Gasteiger partial charge in [-0.2, -0.15) is 0 Å². The van der Waals surface area contributed by atoms with Gasteiger partial charge in [-0.1, -0.05) is 54.1 Å². The fraction of sp³-hybridized carbons (Fsp3) is 0.0952. The van der Waals surface area contributed by atoms with Crippen LogP contribution in [0.25, 0.3) is 0 Å². The highest BCUT2D eigenvalue weighted by Gasteiger charge is 2.08. The van der Waals surface area contributed by atoms with Crippen molar-refractivity contribution in [3.63, 3.8) is 0 Å². The molecule has 0 aliphatic carbocycles. The van der Waals surface area contributed by atoms with Crippen molar-refractivity contribution in [1.29, 1.82) is 0 Å². The Morgan fingerprint density at radius 2 is 1.68 bits per heavy atom. The van der Waals surface area contributed by atoms with Crippen LogP contribution in [-0.4, -0.2) is 17.0 Å². The molecule has 0 unspecified atom stereocenters. The summed E-state index contributed by atoms with van der Waals surface area (Å²) < 4.78 is 5.16. The highest BCUT2D eigenvalue weighted by Crippen LogP contribution is 2.12. The van der Waals surface area contributed by atoms with Gasteiger partial charge in [0, 0.05) is 18.3 Å². The van der Waals surface area contributed by atoms with Crippen LogP contribution in [0.2, 0.25) is 5.02 Å². The molecule has 1 heterocycles. The molecule has 0 bridgehead atoms. The Balaban J connectivity index is 1.46. The summed E-state index contributed by atoms with van der Waals surface area (Å²) in [5.41, 5.74) is 2.24. The van der Waals surface area contributed by atoms with Crippen molar-refractivity contribution in [1.82, 2.24) is 10.3 Å². The molecule has 2 amide bonds. The fourth-order valence-corrected chi connectivity index (χ4v) is 2.47. The lowest BCUT2D eigenvalue weighted by atomic mass is 10.1. The number of nitrogens with zero attached hydrogens (tertiary/aromatic N) is 1. The van der Waals surface area contributed by atoms with Crippen LogP contribution in [0.4, 0.5) is 10.6 Å². The third-order valence-corrected chi connectivity index (χ3v) is 4.06. The summed E-state index contributed by atoms with van der Waals surface area (Å²) in [6.07, 6.45) is 0.961. The van der Waals surface area contributed by atoms with E-state index < -0.39 is 6.09 Å². The molecule has 3 rings (SSSR count). The van der Waals surface area contributed by atoms with E-state index in [0.717, 1.165) is 11.1 Å². The standard InChI is InChI=1S/C21H18ClN3O3/c22-18-10-11-19(23-13-18)25-20(26)17-8-6-15(7-9-17)12-24-21(27)28-14-16-4-2-1-3-5-16/h1-11,13H,12,14H2,(H,24,27)(H,23,25,26). The zero-order chi connectivity index (χ0) is 19.8. The van der Waals surface area contributed by atoms with Gasteiger partial charge in [0.1, 0.15) is 12.4 Å². The highest BCUT2D eigenvalue weighted by molar-refractivity contribution is 6.30. The van der Waals surface area contributed by atoms with Gasteiger partial charge in [0.25, 0.3) is 5.91 Å². The second-order valence-electron chi connectivity index (χ2n) is 5.93. The Bertz CT molecular complexity index is 929. The minimum atomic E-state index is -0.500. The molecular formula is C21H18ClN3O3. The minimum Gasteiger partial charge on any atom is -0.445 e. The summed E-state index contributed by atoms with van der Waals surface area (Å²) in [6, 6.07) is 19.6. The number of anilines is 1. The van der Waals surface area contributed by atoms with Crippen LogP contribution >= 0.6 is 11.6 Å². The maximum absolute atomic E-state index is 12.2. The molecule has 2 aromatic carbocycles. The number of rotatable bonds is 6. The van der Waals surface area contributed by atoms with E-state index in [-0.39, 0.29) is 12.5 Å². The number of hydrogen-bond donors (Lipinski definition) is 2. The molecule has 0 radical (unpaired) electrons. The van der Waals surface area contributed by atoms with Gasteiger partial charge < -0.3 is 15.4 Å². The van der Waals surface area contributed by atoms with Gasteiger partial charge in [0.05, 0.1) is 5.02 Å². The zero-order valence-corrected chi connectivity index (χ0v) is 15.6. The molecule has 7 heteroatoms. The molecule has 1 aromatic heterocycles. The van der Waals surface area contributed by atoms with E-state index in [0.29, 0.717) is 22.9 Å². The van der Waals surface area contributed by atoms with E-state index in [2.05, 4.69) is 15.6 Å². The molecule has 2 N–H and O–H groups in total. The molecule has 0 saturated carbocycles. The molecule has 0 spiro atoms. The molecule has 3 aromatic rings. The average Bonchev–Trinajstić information content (AvgIpc) is 2.73. The number of aromatic nitrogens is 1. The fourth-order valence-electron chi connectivity index (χ4n) is 2.36. The number of nitrogens with one attached hydrogen (secondary N) is 2. The Morgan fingerprint density at radius 1 is 0.929 bits per heavy atom. The summed E-state index contributed by atoms with van der Waals surface area (Å²) in [6.45, 7) is 0.513. The number of halogens is 1. The van der Waals surface area contributed by atoms with Crippen LogP contribution in [0, 0.1) is 0 Å². The highest BCUT2D eigenvalue weighted by atomic mass is 35.5. The largest absolute Gasteiger partial charge is 0.445 e. The van der Waals surface area contributed by atoms with Gasteiger partial charge in [-0.25, -0.2) is 9.78 Å². The second kappa shape index (κ2) is 9.53. The lowest BCUT2D eigenvalue weighted by Crippen LogP contribution is -2.23. The van der Waals surface area contributed by atoms with Gasteiger partial charge in [-0.3, -0.25) is 4.79 Å². The third-order valence-electron chi connectivity index (χ3n) is 3.83. The molecular weight excluding hydrogens is 378 g/mol. The number of hydrogen-bond acceptors (Lipinski definition) is 4. The van der Waals surface area contributed by atoms with Gasteiger partial charge in [-0.15, -0.1) is 0 Å². The monoisotopic (exact) mass is 395 g/mol. The summed E-state index contributed by atoms with van der Waals surface area (Å²) in [4.78, 5) is 28.0. The Labute approximate surface area is 167 Å². The van der Waals surface area contributed by atoms with Crippen molar-refractivity contribution in [3.05, 3.63) is 94.6 Å². The number of alkyl carbamates (subject to hydrolysis) is 1. The van der Waals surface area contributed by atoms with Crippen molar-refractivity contribution < 1.29 is 14.3 Å². The maximum atomic E-state index is 12.2. The number of ether oxygens (including phenoxy) is 1. The van der Waals surface area contributed by atoms with Gasteiger partial charge >= 0.3 is 6.09 Å². The lowest BCUT2D eigenvalue weighted by Gasteiger charge is -2.08. The molecule has 0 atom stereocenters. The molecule has 0 fully saturated rings. The average molecular weight is 396 g/mol. The van der Waals surface area contributed by atoms with Gasteiger partial charge in [0.15, 0.2) is 0 Å². The summed E-state index contributed by atoms with van der Waals surface area (Å²) >= 11 is 5.77. The predicted octanol–water partition coefficient (Wildman–Crippen LogP) is 4.41. The van der Waals surface area contributed by atoms with E-state index in [1.54, 1.807) is 36.4 Å². The van der Waals surface area contributed by atoms with Gasteiger partial charge in [0.2, 0.25) is 0 Å². The molecule has 142 valence electrons. The van der Waals surface area contributed by atoms with Crippen LogP contribution in [0.5, 0.6) is 0 Å². The quantitative estimate of drug-likeness (QED) is 0.647. The molecule has 6 nitrogen and oxygen atoms in total. The lowest BCUT2D eigenvalue weighted by molar-refractivity contribution is 0.102. The second-order valence-corrected chi connectivity index (χ2v) is 6.36. The molecule has 0 aliphatic heterocycles. The topological polar surface area (TPSA) is 80.3 Å². The smallest absolute Gasteiger partial charge is 0.407 e. The Hall–Kier alpha value is -3.38. The first-order chi connectivity index (χ1) is 13.6. The van der Waals surface area contributed by atoms with E-state index in [1.807, 2.05) is 30.3 Å². The van der Waals surface area contributed by atoms with Crippen molar-refractivity contribution in [3.8, 4) is 0 Å². The molecule has 0 aliphatic rings. The normalized spacial score (nSPS) is 10.2. The number of carbonyl (C=O) groups is 2. The van der Waals surface area contributed by atoms with Gasteiger partial charge in [-0.05, 0) is 35.4 Å². The van der Waals surface area contributed by atoms with E-state index in [4.69, 9.17) is 16.3 Å². The van der Waals surface area contributed by atoms with Crippen LogP contribution in [0.15, 0.2) is 72.9 Å². The predicted molar refractivity (Wildman–Crippen MR) is 107 cm³/mol. The molecule has 28 heavy (non-hydrogen) atoms.